The van der Waals surface area contributed by atoms with Crippen LogP contribution in [0.5, 0.6) is 11.5 Å². The van der Waals surface area contributed by atoms with Gasteiger partial charge < -0.3 is 14.0 Å². The van der Waals surface area contributed by atoms with Crippen molar-refractivity contribution in [2.75, 3.05) is 13.7 Å². The highest BCUT2D eigenvalue weighted by molar-refractivity contribution is 7.16. The van der Waals surface area contributed by atoms with Gasteiger partial charge in [-0.2, -0.15) is 4.99 Å². The second-order valence-corrected chi connectivity index (χ2v) is 6.52. The molecule has 0 saturated heterocycles. The van der Waals surface area contributed by atoms with Crippen LogP contribution in [0.15, 0.2) is 66.2 Å². The van der Waals surface area contributed by atoms with E-state index in [0.29, 0.717) is 18.0 Å². The largest absolute Gasteiger partial charge is 0.495 e. The molecule has 0 aliphatic rings. The Morgan fingerprint density at radius 2 is 2.04 bits per heavy atom. The summed E-state index contributed by atoms with van der Waals surface area (Å²) in [6.07, 6.45) is 2.00. The number of thiazole rings is 1. The van der Waals surface area contributed by atoms with Crippen LogP contribution in [-0.2, 0) is 11.3 Å². The number of aromatic nitrogens is 1. The van der Waals surface area contributed by atoms with Gasteiger partial charge in [0, 0.05) is 6.54 Å². The van der Waals surface area contributed by atoms with Crippen molar-refractivity contribution in [3.05, 3.63) is 66.0 Å². The molecule has 0 radical (unpaired) electrons. The van der Waals surface area contributed by atoms with Crippen molar-refractivity contribution in [1.82, 2.24) is 4.57 Å². The third-order valence-electron chi connectivity index (χ3n) is 3.74. The number of allylic oxidation sites excluding steroid dienone is 1. The van der Waals surface area contributed by atoms with E-state index in [2.05, 4.69) is 11.6 Å². The average Bonchev–Trinajstić information content (AvgIpc) is 3.00. The zero-order valence-electron chi connectivity index (χ0n) is 14.6. The van der Waals surface area contributed by atoms with Gasteiger partial charge in [0.25, 0.3) is 5.91 Å². The summed E-state index contributed by atoms with van der Waals surface area (Å²) >= 11 is 1.46. The minimum Gasteiger partial charge on any atom is -0.495 e. The molecule has 0 unspecified atom stereocenters. The first-order valence-electron chi connectivity index (χ1n) is 8.25. The molecule has 3 rings (SSSR count). The van der Waals surface area contributed by atoms with E-state index in [4.69, 9.17) is 9.47 Å². The lowest BCUT2D eigenvalue weighted by atomic mass is 10.3. The highest BCUT2D eigenvalue weighted by Crippen LogP contribution is 2.27. The smallest absolute Gasteiger partial charge is 0.251 e. The first-order chi connectivity index (χ1) is 12.7. The number of hydrogen-bond acceptors (Lipinski definition) is 4. The number of para-hydroxylation sites is 2. The molecular weight excluding hydrogens is 348 g/mol. The molecule has 0 saturated carbocycles. The maximum absolute atomic E-state index is 12.3. The van der Waals surface area contributed by atoms with Gasteiger partial charge >= 0.3 is 0 Å². The second-order valence-electron chi connectivity index (χ2n) is 5.51. The lowest BCUT2D eigenvalue weighted by Gasteiger charge is -2.06. The number of benzene rings is 2. The predicted octanol–water partition coefficient (Wildman–Crippen LogP) is 3.79. The Balaban J connectivity index is 1.82. The van der Waals surface area contributed by atoms with Crippen LogP contribution < -0.4 is 14.3 Å². The molecule has 0 fully saturated rings. The van der Waals surface area contributed by atoms with Crippen molar-refractivity contribution >= 4 is 27.5 Å². The molecule has 134 valence electrons. The van der Waals surface area contributed by atoms with Crippen LogP contribution in [0.25, 0.3) is 10.2 Å². The zero-order chi connectivity index (χ0) is 18.4. The van der Waals surface area contributed by atoms with Crippen LogP contribution in [0.2, 0.25) is 0 Å². The molecule has 0 aliphatic heterocycles. The number of carbonyl (C=O) groups is 1. The van der Waals surface area contributed by atoms with E-state index < -0.39 is 0 Å². The molecule has 5 nitrogen and oxygen atoms in total. The summed E-state index contributed by atoms with van der Waals surface area (Å²) in [6.45, 7) is 4.64. The quantitative estimate of drug-likeness (QED) is 0.596. The minimum absolute atomic E-state index is 0.217. The molecular formula is C20H20N2O3S. The Labute approximate surface area is 155 Å². The monoisotopic (exact) mass is 368 g/mol. The summed E-state index contributed by atoms with van der Waals surface area (Å²) in [5.74, 6) is 1.28. The molecule has 1 heterocycles. The minimum atomic E-state index is -0.218. The van der Waals surface area contributed by atoms with Crippen LogP contribution >= 0.6 is 11.3 Å². The number of ether oxygens (including phenoxy) is 2. The molecule has 3 aromatic rings. The molecule has 0 aliphatic carbocycles. The van der Waals surface area contributed by atoms with E-state index in [-0.39, 0.29) is 12.3 Å². The van der Waals surface area contributed by atoms with E-state index in [0.717, 1.165) is 21.7 Å². The van der Waals surface area contributed by atoms with Gasteiger partial charge in [-0.25, -0.2) is 0 Å². The van der Waals surface area contributed by atoms with Gasteiger partial charge in [-0.15, -0.1) is 6.58 Å². The van der Waals surface area contributed by atoms with E-state index in [9.17, 15) is 4.79 Å². The molecule has 2 aromatic carbocycles. The maximum atomic E-state index is 12.3. The number of nitrogens with zero attached hydrogens (tertiary/aromatic N) is 2. The summed E-state index contributed by atoms with van der Waals surface area (Å²) in [7, 11) is 1.63. The van der Waals surface area contributed by atoms with Crippen molar-refractivity contribution in [3.8, 4) is 11.5 Å². The molecule has 0 bridgehead atoms. The summed E-state index contributed by atoms with van der Waals surface area (Å²) in [4.78, 5) is 17.2. The van der Waals surface area contributed by atoms with Gasteiger partial charge in [0.15, 0.2) is 4.80 Å². The number of rotatable bonds is 7. The predicted molar refractivity (Wildman–Crippen MR) is 104 cm³/mol. The SMILES string of the molecule is C=CCn1c(=NC(=O)CCOc2ccccc2)sc2cccc(OC)c21. The van der Waals surface area contributed by atoms with Crippen molar-refractivity contribution in [2.45, 2.75) is 13.0 Å². The van der Waals surface area contributed by atoms with Gasteiger partial charge in [-0.3, -0.25) is 4.79 Å². The summed E-state index contributed by atoms with van der Waals surface area (Å²) < 4.78 is 14.0. The van der Waals surface area contributed by atoms with Crippen molar-refractivity contribution in [2.24, 2.45) is 4.99 Å². The van der Waals surface area contributed by atoms with E-state index in [1.807, 2.05) is 53.1 Å². The summed E-state index contributed by atoms with van der Waals surface area (Å²) in [5.41, 5.74) is 0.923. The number of carbonyl (C=O) groups excluding carboxylic acids is 1. The van der Waals surface area contributed by atoms with Gasteiger partial charge in [0.1, 0.15) is 17.0 Å². The van der Waals surface area contributed by atoms with Crippen LogP contribution in [0, 0.1) is 0 Å². The van der Waals surface area contributed by atoms with Gasteiger partial charge in [0.2, 0.25) is 0 Å². The number of fused-ring (bicyclic) bond motifs is 1. The molecule has 6 heteroatoms. The fourth-order valence-electron chi connectivity index (χ4n) is 2.58. The number of methoxy groups -OCH3 is 1. The molecule has 1 amide bonds. The summed E-state index contributed by atoms with van der Waals surface area (Å²) in [6, 6.07) is 15.2. The highest BCUT2D eigenvalue weighted by atomic mass is 32.1. The molecule has 0 atom stereocenters. The Morgan fingerprint density at radius 3 is 2.77 bits per heavy atom. The maximum Gasteiger partial charge on any atom is 0.251 e. The standard InChI is InChI=1S/C20H20N2O3S/c1-3-13-22-19-16(24-2)10-7-11-17(19)26-20(22)21-18(23)12-14-25-15-8-5-4-6-9-15/h3-11H,1,12-14H2,2H3. The molecule has 0 spiro atoms. The number of hydrogen-bond donors (Lipinski definition) is 0. The van der Waals surface area contributed by atoms with Crippen molar-refractivity contribution < 1.29 is 14.3 Å². The van der Waals surface area contributed by atoms with Gasteiger partial charge in [-0.1, -0.05) is 41.7 Å². The van der Waals surface area contributed by atoms with Crippen molar-refractivity contribution in [3.63, 3.8) is 0 Å². The normalized spacial score (nSPS) is 11.5. The average molecular weight is 368 g/mol. The summed E-state index contributed by atoms with van der Waals surface area (Å²) in [5, 5.41) is 0. The van der Waals surface area contributed by atoms with Crippen LogP contribution in [0.3, 0.4) is 0 Å². The Bertz CT molecular complexity index is 974. The molecule has 0 N–H and O–H groups in total. The number of amides is 1. The molecule has 1 aromatic heterocycles. The first-order valence-corrected chi connectivity index (χ1v) is 9.07. The third kappa shape index (κ3) is 4.03. The fraction of sp³-hybridized carbons (Fsp3) is 0.200. The van der Waals surface area contributed by atoms with Gasteiger partial charge in [0.05, 0.1) is 24.8 Å². The zero-order valence-corrected chi connectivity index (χ0v) is 15.4. The Hall–Kier alpha value is -2.86. The Morgan fingerprint density at radius 1 is 1.23 bits per heavy atom. The van der Waals surface area contributed by atoms with Crippen molar-refractivity contribution in [1.29, 1.82) is 0 Å². The topological polar surface area (TPSA) is 52.8 Å². The van der Waals surface area contributed by atoms with E-state index in [1.54, 1.807) is 13.2 Å². The highest BCUT2D eigenvalue weighted by Gasteiger charge is 2.11. The lowest BCUT2D eigenvalue weighted by Crippen LogP contribution is -2.17. The third-order valence-corrected chi connectivity index (χ3v) is 4.79. The second kappa shape index (κ2) is 8.49. The van der Waals surface area contributed by atoms with E-state index >= 15 is 0 Å². The molecule has 26 heavy (non-hydrogen) atoms. The first kappa shape index (κ1) is 17.9. The lowest BCUT2D eigenvalue weighted by molar-refractivity contribution is -0.118. The van der Waals surface area contributed by atoms with Crippen LogP contribution in [0.1, 0.15) is 6.42 Å². The van der Waals surface area contributed by atoms with Gasteiger partial charge in [-0.05, 0) is 24.3 Å². The Kier molecular flexibility index (Phi) is 5.86. The van der Waals surface area contributed by atoms with Crippen LogP contribution in [0.4, 0.5) is 0 Å². The van der Waals surface area contributed by atoms with Crippen LogP contribution in [-0.4, -0.2) is 24.2 Å². The van der Waals surface area contributed by atoms with E-state index in [1.165, 1.54) is 11.3 Å². The fourth-order valence-corrected chi connectivity index (χ4v) is 3.66.